The molecule has 0 radical (unpaired) electrons. The van der Waals surface area contributed by atoms with Crippen LogP contribution in [0.4, 0.5) is 4.79 Å². The van der Waals surface area contributed by atoms with Crippen LogP contribution in [0.2, 0.25) is 0 Å². The van der Waals surface area contributed by atoms with Gasteiger partial charge in [-0.3, -0.25) is 0 Å². The fourth-order valence-electron chi connectivity index (χ4n) is 2.22. The van der Waals surface area contributed by atoms with Gasteiger partial charge in [-0.25, -0.2) is 4.79 Å². The Bertz CT molecular complexity index is 223. The number of carbonyl (C=O) groups excluding carboxylic acids is 1. The van der Waals surface area contributed by atoms with Crippen LogP contribution >= 0.6 is 0 Å². The van der Waals surface area contributed by atoms with Crippen LogP contribution in [-0.4, -0.2) is 35.7 Å². The SMILES string of the molecule is CCN(C(=O)OC(C)C)C1CCC(N)CC1. The quantitative estimate of drug-likeness (QED) is 0.805. The van der Waals surface area contributed by atoms with Gasteiger partial charge in [-0.05, 0) is 46.5 Å². The first-order chi connectivity index (χ1) is 7.54. The summed E-state index contributed by atoms with van der Waals surface area (Å²) in [6.07, 6.45) is 3.79. The maximum Gasteiger partial charge on any atom is 0.410 e. The lowest BCUT2D eigenvalue weighted by atomic mass is 9.91. The first kappa shape index (κ1) is 13.3. The normalized spacial score (nSPS) is 25.6. The fraction of sp³-hybridized carbons (Fsp3) is 0.917. The molecule has 16 heavy (non-hydrogen) atoms. The smallest absolute Gasteiger partial charge is 0.410 e. The number of hydrogen-bond acceptors (Lipinski definition) is 3. The van der Waals surface area contributed by atoms with Gasteiger partial charge in [0.2, 0.25) is 0 Å². The molecule has 0 bridgehead atoms. The van der Waals surface area contributed by atoms with Gasteiger partial charge in [-0.15, -0.1) is 0 Å². The van der Waals surface area contributed by atoms with Crippen LogP contribution in [0, 0.1) is 0 Å². The molecule has 0 atom stereocenters. The van der Waals surface area contributed by atoms with E-state index in [1.807, 2.05) is 25.7 Å². The van der Waals surface area contributed by atoms with E-state index in [-0.39, 0.29) is 12.2 Å². The van der Waals surface area contributed by atoms with E-state index in [1.54, 1.807) is 0 Å². The molecule has 0 spiro atoms. The van der Waals surface area contributed by atoms with Crippen molar-refractivity contribution in [3.63, 3.8) is 0 Å². The first-order valence-corrected chi connectivity index (χ1v) is 6.27. The molecule has 1 aliphatic carbocycles. The summed E-state index contributed by atoms with van der Waals surface area (Å²) in [5, 5.41) is 0. The number of rotatable bonds is 3. The molecule has 0 saturated heterocycles. The second kappa shape index (κ2) is 6.09. The Morgan fingerprint density at radius 2 is 1.94 bits per heavy atom. The van der Waals surface area contributed by atoms with Crippen molar-refractivity contribution in [3.8, 4) is 0 Å². The molecular formula is C12H24N2O2. The standard InChI is InChI=1S/C12H24N2O2/c1-4-14(12(15)16-9(2)3)11-7-5-10(13)6-8-11/h9-11H,4-8,13H2,1-3H3. The second-order valence-electron chi connectivity index (χ2n) is 4.79. The van der Waals surface area contributed by atoms with E-state index < -0.39 is 0 Å². The van der Waals surface area contributed by atoms with E-state index in [2.05, 4.69) is 0 Å². The molecule has 0 unspecified atom stereocenters. The van der Waals surface area contributed by atoms with Crippen molar-refractivity contribution >= 4 is 6.09 Å². The molecule has 2 N–H and O–H groups in total. The minimum Gasteiger partial charge on any atom is -0.447 e. The van der Waals surface area contributed by atoms with E-state index in [4.69, 9.17) is 10.5 Å². The number of amides is 1. The third-order valence-electron chi connectivity index (χ3n) is 3.09. The maximum absolute atomic E-state index is 11.8. The lowest BCUT2D eigenvalue weighted by Gasteiger charge is -2.35. The average molecular weight is 228 g/mol. The fourth-order valence-corrected chi connectivity index (χ4v) is 2.22. The molecule has 0 aromatic carbocycles. The monoisotopic (exact) mass is 228 g/mol. The van der Waals surface area contributed by atoms with Gasteiger partial charge in [0.25, 0.3) is 0 Å². The highest BCUT2D eigenvalue weighted by Gasteiger charge is 2.27. The summed E-state index contributed by atoms with van der Waals surface area (Å²) in [6, 6.07) is 0.632. The molecule has 0 aliphatic heterocycles. The minimum atomic E-state index is -0.182. The zero-order valence-corrected chi connectivity index (χ0v) is 10.6. The van der Waals surface area contributed by atoms with Gasteiger partial charge >= 0.3 is 6.09 Å². The molecule has 0 aromatic rings. The largest absolute Gasteiger partial charge is 0.447 e. The lowest BCUT2D eigenvalue weighted by Crippen LogP contribution is -2.44. The Kier molecular flexibility index (Phi) is 5.06. The number of ether oxygens (including phenoxy) is 1. The molecule has 4 nitrogen and oxygen atoms in total. The summed E-state index contributed by atoms with van der Waals surface area (Å²) in [5.41, 5.74) is 5.86. The van der Waals surface area contributed by atoms with E-state index in [0.717, 1.165) is 25.7 Å². The summed E-state index contributed by atoms with van der Waals surface area (Å²) < 4.78 is 5.24. The first-order valence-electron chi connectivity index (χ1n) is 6.27. The Labute approximate surface area is 98.1 Å². The van der Waals surface area contributed by atoms with E-state index in [9.17, 15) is 4.79 Å². The van der Waals surface area contributed by atoms with Gasteiger partial charge in [0.15, 0.2) is 0 Å². The molecule has 4 heteroatoms. The van der Waals surface area contributed by atoms with E-state index >= 15 is 0 Å². The number of nitrogens with two attached hydrogens (primary N) is 1. The van der Waals surface area contributed by atoms with Gasteiger partial charge in [-0.1, -0.05) is 0 Å². The Morgan fingerprint density at radius 3 is 2.38 bits per heavy atom. The predicted octanol–water partition coefficient (Wildman–Crippen LogP) is 2.12. The highest BCUT2D eigenvalue weighted by molar-refractivity contribution is 5.68. The Balaban J connectivity index is 2.50. The third-order valence-corrected chi connectivity index (χ3v) is 3.09. The average Bonchev–Trinajstić information content (AvgIpc) is 2.21. The Morgan fingerprint density at radius 1 is 1.38 bits per heavy atom. The van der Waals surface area contributed by atoms with Crippen LogP contribution in [-0.2, 0) is 4.74 Å². The number of nitrogens with zero attached hydrogens (tertiary/aromatic N) is 1. The molecule has 1 aliphatic rings. The zero-order chi connectivity index (χ0) is 12.1. The molecule has 94 valence electrons. The predicted molar refractivity (Wildman–Crippen MR) is 64.2 cm³/mol. The van der Waals surface area contributed by atoms with Crippen molar-refractivity contribution in [3.05, 3.63) is 0 Å². The van der Waals surface area contributed by atoms with Crippen molar-refractivity contribution in [1.82, 2.24) is 4.90 Å². The van der Waals surface area contributed by atoms with Gasteiger partial charge in [0.05, 0.1) is 6.10 Å². The van der Waals surface area contributed by atoms with Crippen LogP contribution in [0.3, 0.4) is 0 Å². The summed E-state index contributed by atoms with van der Waals surface area (Å²) >= 11 is 0. The second-order valence-corrected chi connectivity index (χ2v) is 4.79. The summed E-state index contributed by atoms with van der Waals surface area (Å²) in [5.74, 6) is 0. The molecule has 1 amide bonds. The summed E-state index contributed by atoms with van der Waals surface area (Å²) in [6.45, 7) is 6.46. The number of hydrogen-bond donors (Lipinski definition) is 1. The van der Waals surface area contributed by atoms with E-state index in [0.29, 0.717) is 18.6 Å². The molecule has 0 heterocycles. The summed E-state index contributed by atoms with van der Waals surface area (Å²) in [7, 11) is 0. The van der Waals surface area contributed by atoms with Gasteiger partial charge < -0.3 is 15.4 Å². The van der Waals surface area contributed by atoms with Gasteiger partial charge in [-0.2, -0.15) is 0 Å². The lowest BCUT2D eigenvalue weighted by molar-refractivity contribution is 0.0573. The van der Waals surface area contributed by atoms with Crippen LogP contribution < -0.4 is 5.73 Å². The van der Waals surface area contributed by atoms with Crippen LogP contribution in [0.1, 0.15) is 46.5 Å². The van der Waals surface area contributed by atoms with Crippen molar-refractivity contribution in [2.24, 2.45) is 5.73 Å². The molecular weight excluding hydrogens is 204 g/mol. The Hall–Kier alpha value is -0.770. The summed E-state index contributed by atoms with van der Waals surface area (Å²) in [4.78, 5) is 13.7. The van der Waals surface area contributed by atoms with Crippen LogP contribution in [0.15, 0.2) is 0 Å². The van der Waals surface area contributed by atoms with Crippen LogP contribution in [0.25, 0.3) is 0 Å². The van der Waals surface area contributed by atoms with Crippen molar-refractivity contribution < 1.29 is 9.53 Å². The van der Waals surface area contributed by atoms with Crippen LogP contribution in [0.5, 0.6) is 0 Å². The maximum atomic E-state index is 11.8. The molecule has 0 aromatic heterocycles. The van der Waals surface area contributed by atoms with Gasteiger partial charge in [0.1, 0.15) is 0 Å². The zero-order valence-electron chi connectivity index (χ0n) is 10.6. The minimum absolute atomic E-state index is 0.0487. The van der Waals surface area contributed by atoms with Crippen molar-refractivity contribution in [1.29, 1.82) is 0 Å². The van der Waals surface area contributed by atoms with Crippen molar-refractivity contribution in [2.75, 3.05) is 6.54 Å². The molecule has 1 fully saturated rings. The van der Waals surface area contributed by atoms with Crippen molar-refractivity contribution in [2.45, 2.75) is 64.6 Å². The highest BCUT2D eigenvalue weighted by atomic mass is 16.6. The van der Waals surface area contributed by atoms with E-state index in [1.165, 1.54) is 0 Å². The molecule has 1 saturated carbocycles. The highest BCUT2D eigenvalue weighted by Crippen LogP contribution is 2.22. The topological polar surface area (TPSA) is 55.6 Å². The third kappa shape index (κ3) is 3.67. The van der Waals surface area contributed by atoms with Gasteiger partial charge in [0, 0.05) is 18.6 Å². The number of carbonyl (C=O) groups is 1. The molecule has 1 rings (SSSR count).